The van der Waals surface area contributed by atoms with E-state index in [2.05, 4.69) is 15.9 Å². The van der Waals surface area contributed by atoms with Crippen molar-refractivity contribution in [3.05, 3.63) is 79.1 Å². The minimum absolute atomic E-state index is 0.0170. The third-order valence-corrected chi connectivity index (χ3v) is 4.70. The highest BCUT2D eigenvalue weighted by Crippen LogP contribution is 2.25. The molecule has 1 aromatic heterocycles. The van der Waals surface area contributed by atoms with Crippen LogP contribution >= 0.6 is 27.5 Å². The molecule has 0 saturated carbocycles. The Morgan fingerprint density at radius 3 is 2.64 bits per heavy atom. The van der Waals surface area contributed by atoms with Gasteiger partial charge in [0.05, 0.1) is 6.42 Å². The third-order valence-electron chi connectivity index (χ3n) is 3.76. The highest BCUT2D eigenvalue weighted by molar-refractivity contribution is 9.10. The van der Waals surface area contributed by atoms with Crippen LogP contribution in [0, 0.1) is 6.92 Å². The maximum atomic E-state index is 12.1. The molecule has 0 spiro atoms. The van der Waals surface area contributed by atoms with Gasteiger partial charge in [-0.15, -0.1) is 0 Å². The Kier molecular flexibility index (Phi) is 5.25. The maximum Gasteiger partial charge on any atom is 0.336 e. The number of carbonyl (C=O) groups excluding carboxylic acids is 1. The molecule has 0 aliphatic rings. The maximum absolute atomic E-state index is 12.1. The first-order valence-corrected chi connectivity index (χ1v) is 8.72. The van der Waals surface area contributed by atoms with Crippen molar-refractivity contribution in [2.45, 2.75) is 20.0 Å². The molecule has 4 nitrogen and oxygen atoms in total. The Bertz CT molecular complexity index is 993. The lowest BCUT2D eigenvalue weighted by Gasteiger charge is -2.09. The molecule has 0 unspecified atom stereocenters. The molecule has 0 radical (unpaired) electrons. The molecule has 0 amide bonds. The summed E-state index contributed by atoms with van der Waals surface area (Å²) in [7, 11) is 0. The summed E-state index contributed by atoms with van der Waals surface area (Å²) >= 11 is 9.50. The molecule has 0 atom stereocenters. The highest BCUT2D eigenvalue weighted by Gasteiger charge is 2.11. The summed E-state index contributed by atoms with van der Waals surface area (Å²) in [6, 6.07) is 12.2. The van der Waals surface area contributed by atoms with Crippen molar-refractivity contribution in [3.63, 3.8) is 0 Å². The molecule has 25 heavy (non-hydrogen) atoms. The van der Waals surface area contributed by atoms with Gasteiger partial charge in [-0.25, -0.2) is 4.79 Å². The summed E-state index contributed by atoms with van der Waals surface area (Å²) in [5, 5.41) is 1.22. The van der Waals surface area contributed by atoms with Crippen LogP contribution < -0.4 is 5.63 Å². The number of halogens is 2. The molecule has 0 aliphatic heterocycles. The molecule has 2 aromatic carbocycles. The first-order chi connectivity index (χ1) is 11.9. The normalized spacial score (nSPS) is 10.8. The number of fused-ring (bicyclic) bond motifs is 1. The van der Waals surface area contributed by atoms with Gasteiger partial charge in [0.25, 0.3) is 0 Å². The van der Waals surface area contributed by atoms with Crippen molar-refractivity contribution in [2.24, 2.45) is 0 Å². The lowest BCUT2D eigenvalue weighted by Crippen LogP contribution is -2.10. The van der Waals surface area contributed by atoms with Crippen molar-refractivity contribution < 1.29 is 13.9 Å². The van der Waals surface area contributed by atoms with Gasteiger partial charge in [-0.1, -0.05) is 39.7 Å². The Labute approximate surface area is 157 Å². The molecule has 1 heterocycles. The number of esters is 1. The molecular weight excluding hydrogens is 408 g/mol. The Balaban J connectivity index is 1.78. The predicted octanol–water partition coefficient (Wildman–Crippen LogP) is 4.80. The van der Waals surface area contributed by atoms with E-state index in [0.29, 0.717) is 21.6 Å². The van der Waals surface area contributed by atoms with Gasteiger partial charge in [0, 0.05) is 26.5 Å². The molecule has 0 N–H and O–H groups in total. The minimum atomic E-state index is -0.492. The van der Waals surface area contributed by atoms with Crippen molar-refractivity contribution in [1.29, 1.82) is 0 Å². The van der Waals surface area contributed by atoms with E-state index in [4.69, 9.17) is 20.8 Å². The number of ether oxygens (including phenoxy) is 1. The van der Waals surface area contributed by atoms with E-state index in [1.165, 1.54) is 6.07 Å². The lowest BCUT2D eigenvalue weighted by atomic mass is 10.1. The molecule has 128 valence electrons. The summed E-state index contributed by atoms with van der Waals surface area (Å²) in [6.45, 7) is 1.81. The second-order valence-corrected chi connectivity index (χ2v) is 6.98. The number of carbonyl (C=O) groups is 1. The van der Waals surface area contributed by atoms with Crippen molar-refractivity contribution in [3.8, 4) is 0 Å². The van der Waals surface area contributed by atoms with E-state index in [1.54, 1.807) is 12.1 Å². The average molecular weight is 422 g/mol. The zero-order valence-corrected chi connectivity index (χ0v) is 15.7. The smallest absolute Gasteiger partial charge is 0.336 e. The van der Waals surface area contributed by atoms with Crippen molar-refractivity contribution in [2.75, 3.05) is 0 Å². The van der Waals surface area contributed by atoms with E-state index in [1.807, 2.05) is 31.2 Å². The molecule has 6 heteroatoms. The summed E-state index contributed by atoms with van der Waals surface area (Å²) < 4.78 is 11.5. The van der Waals surface area contributed by atoms with Crippen LogP contribution in [0.4, 0.5) is 0 Å². The third kappa shape index (κ3) is 4.30. The van der Waals surface area contributed by atoms with E-state index in [0.717, 1.165) is 15.6 Å². The Morgan fingerprint density at radius 2 is 1.92 bits per heavy atom. The first-order valence-electron chi connectivity index (χ1n) is 7.55. The van der Waals surface area contributed by atoms with E-state index in [9.17, 15) is 9.59 Å². The molecule has 3 aromatic rings. The van der Waals surface area contributed by atoms with E-state index >= 15 is 0 Å². The molecular formula is C19H14BrClO4. The number of benzene rings is 2. The van der Waals surface area contributed by atoms with Crippen molar-refractivity contribution >= 4 is 44.5 Å². The predicted molar refractivity (Wildman–Crippen MR) is 99.9 cm³/mol. The van der Waals surface area contributed by atoms with Crippen LogP contribution in [0.15, 0.2) is 56.1 Å². The molecule has 0 fully saturated rings. The number of hydrogen-bond acceptors (Lipinski definition) is 4. The zero-order valence-electron chi connectivity index (χ0n) is 13.3. The SMILES string of the molecule is Cc1cc2oc(=O)cc(COC(=O)Cc3ccc(Br)cc3)c2cc1Cl. The fourth-order valence-electron chi connectivity index (χ4n) is 2.45. The van der Waals surface area contributed by atoms with Gasteiger partial charge in [0.1, 0.15) is 12.2 Å². The summed E-state index contributed by atoms with van der Waals surface area (Å²) in [5.41, 5.74) is 2.16. The second kappa shape index (κ2) is 7.42. The summed E-state index contributed by atoms with van der Waals surface area (Å²) in [4.78, 5) is 23.8. The molecule has 0 aliphatic carbocycles. The second-order valence-electron chi connectivity index (χ2n) is 5.65. The first kappa shape index (κ1) is 17.7. The van der Waals surface area contributed by atoms with Gasteiger partial charge in [-0.05, 0) is 42.3 Å². The topological polar surface area (TPSA) is 56.5 Å². The molecule has 3 rings (SSSR count). The van der Waals surface area contributed by atoms with Crippen LogP contribution in [-0.4, -0.2) is 5.97 Å². The zero-order chi connectivity index (χ0) is 18.0. The van der Waals surface area contributed by atoms with E-state index in [-0.39, 0.29) is 19.0 Å². The van der Waals surface area contributed by atoms with Gasteiger partial charge in [-0.3, -0.25) is 4.79 Å². The van der Waals surface area contributed by atoms with Crippen LogP contribution in [0.1, 0.15) is 16.7 Å². The Morgan fingerprint density at radius 1 is 1.20 bits per heavy atom. The van der Waals surface area contributed by atoms with Crippen LogP contribution in [0.3, 0.4) is 0 Å². The van der Waals surface area contributed by atoms with Crippen molar-refractivity contribution in [1.82, 2.24) is 0 Å². The molecule has 0 bridgehead atoms. The summed E-state index contributed by atoms with van der Waals surface area (Å²) in [6.07, 6.45) is 0.159. The molecule has 0 saturated heterocycles. The number of aryl methyl sites for hydroxylation is 1. The van der Waals surface area contributed by atoms with Gasteiger partial charge in [-0.2, -0.15) is 0 Å². The summed E-state index contributed by atoms with van der Waals surface area (Å²) in [5.74, 6) is -0.373. The quantitative estimate of drug-likeness (QED) is 0.448. The largest absolute Gasteiger partial charge is 0.461 e. The highest BCUT2D eigenvalue weighted by atomic mass is 79.9. The van der Waals surface area contributed by atoms with E-state index < -0.39 is 5.63 Å². The standard InChI is InChI=1S/C19H14BrClO4/c1-11-6-17-15(9-16(11)21)13(8-19(23)25-17)10-24-18(22)7-12-2-4-14(20)5-3-12/h2-6,8-9H,7,10H2,1H3. The van der Waals surface area contributed by atoms with Crippen LogP contribution in [-0.2, 0) is 22.6 Å². The monoisotopic (exact) mass is 420 g/mol. The fraction of sp³-hybridized carbons (Fsp3) is 0.158. The van der Waals surface area contributed by atoms with Crippen LogP contribution in [0.5, 0.6) is 0 Å². The van der Waals surface area contributed by atoms with Crippen LogP contribution in [0.25, 0.3) is 11.0 Å². The van der Waals surface area contributed by atoms with Gasteiger partial charge < -0.3 is 9.15 Å². The van der Waals surface area contributed by atoms with Crippen LogP contribution in [0.2, 0.25) is 5.02 Å². The number of rotatable bonds is 4. The van der Waals surface area contributed by atoms with Gasteiger partial charge in [0.2, 0.25) is 0 Å². The van der Waals surface area contributed by atoms with Gasteiger partial charge >= 0.3 is 11.6 Å². The fourth-order valence-corrected chi connectivity index (χ4v) is 2.87. The number of hydrogen-bond donors (Lipinski definition) is 0. The lowest BCUT2D eigenvalue weighted by molar-refractivity contribution is -0.144. The Hall–Kier alpha value is -2.11. The van der Waals surface area contributed by atoms with Gasteiger partial charge in [0.15, 0.2) is 0 Å². The average Bonchev–Trinajstić information content (AvgIpc) is 2.56. The minimum Gasteiger partial charge on any atom is -0.461 e.